The monoisotopic (exact) mass is 406 g/mol. The van der Waals surface area contributed by atoms with Crippen LogP contribution in [-0.4, -0.2) is 19.8 Å². The molecular weight excluding hydrogens is 379 g/mol. The van der Waals surface area contributed by atoms with Crippen LogP contribution in [0.1, 0.15) is 32.8 Å². The zero-order valence-electron chi connectivity index (χ0n) is 15.1. The van der Waals surface area contributed by atoms with E-state index < -0.39 is 8.60 Å². The van der Waals surface area contributed by atoms with Crippen LogP contribution in [0.2, 0.25) is 0 Å². The second kappa shape index (κ2) is 31.1. The van der Waals surface area contributed by atoms with Gasteiger partial charge in [-0.25, -0.2) is 0 Å². The molecule has 7 heteroatoms. The Kier molecular flexibility index (Phi) is 39.8. The van der Waals surface area contributed by atoms with Gasteiger partial charge in [0.1, 0.15) is 0 Å². The van der Waals surface area contributed by atoms with E-state index in [1.165, 1.54) is 5.56 Å². The first-order valence-electron chi connectivity index (χ1n) is 7.52. The minimum Gasteiger partial charge on any atom is 0 e. The molecule has 0 unspecified atom stereocenters. The quantitative estimate of drug-likeness (QED) is 0.249. The van der Waals surface area contributed by atoms with E-state index in [0.717, 1.165) is 12.8 Å². The fourth-order valence-electron chi connectivity index (χ4n) is 1.34. The van der Waals surface area contributed by atoms with Gasteiger partial charge in [-0.05, 0) is 39.2 Å². The van der Waals surface area contributed by atoms with Gasteiger partial charge in [0.05, 0.1) is 19.8 Å². The Balaban J connectivity index is -0.000000142. The van der Waals surface area contributed by atoms with Crippen LogP contribution in [0.4, 0.5) is 0 Å². The smallest absolute Gasteiger partial charge is 0 e. The molecule has 0 heterocycles. The van der Waals surface area contributed by atoms with Crippen molar-refractivity contribution in [2.75, 3.05) is 19.8 Å². The molecule has 0 fully saturated rings. The minimum absolute atomic E-state index is 0. The molecule has 0 saturated heterocycles. The Morgan fingerprint density at radius 3 is 1.64 bits per heavy atom. The van der Waals surface area contributed by atoms with E-state index in [1.54, 1.807) is 0 Å². The van der Waals surface area contributed by atoms with Crippen LogP contribution < -0.4 is 0 Å². The summed E-state index contributed by atoms with van der Waals surface area (Å²) in [6.45, 7) is 20.4. The summed E-state index contributed by atoms with van der Waals surface area (Å²) in [6, 6.07) is 10.5. The number of hydrogen-bond acceptors (Lipinski definition) is 3. The van der Waals surface area contributed by atoms with E-state index in [2.05, 4.69) is 44.1 Å². The van der Waals surface area contributed by atoms with Gasteiger partial charge in [0.25, 0.3) is 0 Å². The van der Waals surface area contributed by atoms with Crippen molar-refractivity contribution >= 4 is 8.60 Å². The van der Waals surface area contributed by atoms with E-state index in [0.29, 0.717) is 19.8 Å². The van der Waals surface area contributed by atoms with Crippen molar-refractivity contribution in [1.29, 1.82) is 0 Å². The summed E-state index contributed by atoms with van der Waals surface area (Å²) in [5, 5.41) is 0. The Bertz CT molecular complexity index is 378. The molecular formula is C18H27CrO5P. The van der Waals surface area contributed by atoms with E-state index in [9.17, 15) is 0 Å². The molecule has 0 saturated carbocycles. The maximum atomic E-state index is 7.50. The van der Waals surface area contributed by atoms with Crippen LogP contribution in [0, 0.1) is 13.3 Å². The second-order valence-corrected chi connectivity index (χ2v) is 5.01. The van der Waals surface area contributed by atoms with Gasteiger partial charge in [-0.1, -0.05) is 36.4 Å². The van der Waals surface area contributed by atoms with Crippen molar-refractivity contribution in [3.63, 3.8) is 0 Å². The standard InChI is InChI=1S/C10H12.C6H15O3P.2CO.Cr/c1-2-3-7-10-8-5-4-6-9-10;1-4-7-10(8-5-2)9-6-3;2*1-2;/h2,4-6,8-9H,1,3,7H2;4-6H2,1-3H3;;;. The number of hydrogen-bond donors (Lipinski definition) is 0. The van der Waals surface area contributed by atoms with Crippen LogP contribution in [0.3, 0.4) is 0 Å². The molecule has 5 nitrogen and oxygen atoms in total. The first kappa shape index (κ1) is 32.0. The zero-order valence-corrected chi connectivity index (χ0v) is 17.3. The van der Waals surface area contributed by atoms with E-state index in [4.69, 9.17) is 22.9 Å². The summed E-state index contributed by atoms with van der Waals surface area (Å²) in [5.74, 6) is 0. The van der Waals surface area contributed by atoms with Crippen molar-refractivity contribution in [1.82, 2.24) is 0 Å². The fraction of sp³-hybridized carbons (Fsp3) is 0.444. The molecule has 0 amide bonds. The third kappa shape index (κ3) is 25.6. The molecule has 0 atom stereocenters. The van der Waals surface area contributed by atoms with Gasteiger partial charge in [-0.3, -0.25) is 0 Å². The normalized spacial score (nSPS) is 8.16. The summed E-state index contributed by atoms with van der Waals surface area (Å²) >= 11 is 0. The third-order valence-electron chi connectivity index (χ3n) is 2.18. The average Bonchev–Trinajstić information content (AvgIpc) is 2.65. The SMILES string of the molecule is C=CCCc1ccccc1.CCOP(OCC)OCC.[C-]#[O+].[C-]#[O+].[Cr]. The molecule has 0 aliphatic carbocycles. The molecule has 0 radical (unpaired) electrons. The molecule has 0 spiro atoms. The molecule has 25 heavy (non-hydrogen) atoms. The molecule has 140 valence electrons. The van der Waals surface area contributed by atoms with Gasteiger partial charge in [0, 0.05) is 17.4 Å². The van der Waals surface area contributed by atoms with Crippen LogP contribution in [0.5, 0.6) is 0 Å². The van der Waals surface area contributed by atoms with Gasteiger partial charge in [0.15, 0.2) is 0 Å². The predicted molar refractivity (Wildman–Crippen MR) is 94.6 cm³/mol. The van der Waals surface area contributed by atoms with Gasteiger partial charge in [0.2, 0.25) is 0 Å². The Labute approximate surface area is 164 Å². The van der Waals surface area contributed by atoms with Crippen molar-refractivity contribution in [3.05, 3.63) is 61.9 Å². The maximum Gasteiger partial charge on any atom is 0 e. The molecule has 0 aliphatic rings. The molecule has 1 rings (SSSR count). The Hall–Kier alpha value is -0.718. The molecule has 1 aromatic carbocycles. The number of aryl methyl sites for hydroxylation is 1. The molecule has 0 N–H and O–H groups in total. The van der Waals surface area contributed by atoms with Gasteiger partial charge in [-0.15, -0.1) is 6.58 Å². The molecule has 0 aliphatic heterocycles. The predicted octanol–water partition coefficient (Wildman–Crippen LogP) is 5.05. The van der Waals surface area contributed by atoms with E-state index in [-0.39, 0.29) is 17.4 Å². The first-order valence-corrected chi connectivity index (χ1v) is 8.62. The minimum atomic E-state index is -1.06. The summed E-state index contributed by atoms with van der Waals surface area (Å²) in [5.41, 5.74) is 1.39. The molecule has 0 bridgehead atoms. The second-order valence-electron chi connectivity index (χ2n) is 3.79. The number of benzene rings is 1. The number of allylic oxidation sites excluding steroid dienone is 1. The van der Waals surface area contributed by atoms with Gasteiger partial charge >= 0.3 is 31.2 Å². The molecule has 1 aromatic rings. The largest absolute Gasteiger partial charge is 0 e. The van der Waals surface area contributed by atoms with Crippen LogP contribution >= 0.6 is 8.60 Å². The topological polar surface area (TPSA) is 67.5 Å². The molecule has 0 aromatic heterocycles. The van der Waals surface area contributed by atoms with E-state index >= 15 is 0 Å². The Morgan fingerprint density at radius 2 is 1.32 bits per heavy atom. The summed E-state index contributed by atoms with van der Waals surface area (Å²) in [7, 11) is -1.06. The Morgan fingerprint density at radius 1 is 0.920 bits per heavy atom. The van der Waals surface area contributed by atoms with Crippen LogP contribution in [-0.2, 0) is 46.7 Å². The third-order valence-corrected chi connectivity index (χ3v) is 3.59. The average molecular weight is 406 g/mol. The number of rotatable bonds is 9. The van der Waals surface area contributed by atoms with Crippen molar-refractivity contribution in [3.8, 4) is 0 Å². The van der Waals surface area contributed by atoms with Crippen LogP contribution in [0.15, 0.2) is 43.0 Å². The van der Waals surface area contributed by atoms with Gasteiger partial charge in [-0.2, -0.15) is 0 Å². The summed E-state index contributed by atoms with van der Waals surface area (Å²) in [4.78, 5) is 0. The zero-order chi connectivity index (χ0) is 19.1. The van der Waals surface area contributed by atoms with Crippen molar-refractivity contribution in [2.45, 2.75) is 33.6 Å². The first-order chi connectivity index (χ1) is 11.8. The summed E-state index contributed by atoms with van der Waals surface area (Å²) < 4.78 is 30.4. The maximum absolute atomic E-state index is 7.50. The van der Waals surface area contributed by atoms with Crippen molar-refractivity contribution < 1.29 is 40.2 Å². The van der Waals surface area contributed by atoms with Gasteiger partial charge < -0.3 is 13.6 Å². The van der Waals surface area contributed by atoms with Crippen LogP contribution in [0.25, 0.3) is 0 Å². The van der Waals surface area contributed by atoms with Crippen molar-refractivity contribution in [2.24, 2.45) is 0 Å². The fourth-order valence-corrected chi connectivity index (χ4v) is 2.20. The van der Waals surface area contributed by atoms with E-state index in [1.807, 2.05) is 32.9 Å². The summed E-state index contributed by atoms with van der Waals surface area (Å²) in [6.07, 6.45) is 4.14.